The number of nitrogens with one attached hydrogen (secondary N) is 1. The van der Waals surface area contributed by atoms with Crippen molar-refractivity contribution in [3.63, 3.8) is 0 Å². The summed E-state index contributed by atoms with van der Waals surface area (Å²) in [6.07, 6.45) is 0.0954. The van der Waals surface area contributed by atoms with Gasteiger partial charge in [0, 0.05) is 6.42 Å². The van der Waals surface area contributed by atoms with Crippen LogP contribution in [-0.2, 0) is 14.4 Å². The number of aliphatic carboxylic acids is 1. The Kier molecular flexibility index (Phi) is 5.23. The van der Waals surface area contributed by atoms with Gasteiger partial charge in [-0.15, -0.1) is 0 Å². The maximum Gasteiger partial charge on any atom is 0.317 e. The minimum absolute atomic E-state index is 0.0137. The zero-order chi connectivity index (χ0) is 11.1. The number of carboxylic acids is 1. The van der Waals surface area contributed by atoms with Gasteiger partial charge in [0.05, 0.1) is 12.6 Å². The van der Waals surface area contributed by atoms with Gasteiger partial charge >= 0.3 is 5.97 Å². The molecule has 80 valence electrons. The first-order chi connectivity index (χ1) is 6.43. The molecule has 7 nitrogen and oxygen atoms in total. The van der Waals surface area contributed by atoms with E-state index in [2.05, 4.69) is 5.32 Å². The van der Waals surface area contributed by atoms with Gasteiger partial charge < -0.3 is 16.6 Å². The Balaban J connectivity index is 3.96. The Labute approximate surface area is 80.4 Å². The Morgan fingerprint density at radius 3 is 2.21 bits per heavy atom. The summed E-state index contributed by atoms with van der Waals surface area (Å²) < 4.78 is 0. The predicted molar refractivity (Wildman–Crippen MR) is 47.0 cm³/mol. The fourth-order valence-corrected chi connectivity index (χ4v) is 0.842. The maximum absolute atomic E-state index is 10.7. The number of hydrogen-bond acceptors (Lipinski definition) is 4. The lowest BCUT2D eigenvalue weighted by Gasteiger charge is -2.12. The summed E-state index contributed by atoms with van der Waals surface area (Å²) in [7, 11) is 0. The van der Waals surface area contributed by atoms with Crippen molar-refractivity contribution in [3.8, 4) is 0 Å². The van der Waals surface area contributed by atoms with Crippen LogP contribution in [0.1, 0.15) is 12.8 Å². The second-order valence-corrected chi connectivity index (χ2v) is 2.73. The number of nitrogens with two attached hydrogens (primary N) is 2. The third-order valence-corrected chi connectivity index (χ3v) is 1.52. The van der Waals surface area contributed by atoms with Crippen molar-refractivity contribution in [1.29, 1.82) is 0 Å². The van der Waals surface area contributed by atoms with Crippen molar-refractivity contribution in [2.24, 2.45) is 11.5 Å². The van der Waals surface area contributed by atoms with Crippen molar-refractivity contribution < 1.29 is 19.5 Å². The van der Waals surface area contributed by atoms with Crippen LogP contribution in [0.3, 0.4) is 0 Å². The SMILES string of the molecule is NC(=O)CC[C@H](NCC(=O)O)C(N)=O. The Bertz CT molecular complexity index is 223. The van der Waals surface area contributed by atoms with Crippen molar-refractivity contribution in [3.05, 3.63) is 0 Å². The molecule has 0 aliphatic heterocycles. The largest absolute Gasteiger partial charge is 0.480 e. The number of hydrogen-bond donors (Lipinski definition) is 4. The fraction of sp³-hybridized carbons (Fsp3) is 0.571. The van der Waals surface area contributed by atoms with Gasteiger partial charge in [-0.05, 0) is 6.42 Å². The smallest absolute Gasteiger partial charge is 0.317 e. The lowest BCUT2D eigenvalue weighted by molar-refractivity contribution is -0.136. The van der Waals surface area contributed by atoms with Gasteiger partial charge in [-0.1, -0.05) is 0 Å². The molecule has 2 amide bonds. The number of amides is 2. The van der Waals surface area contributed by atoms with E-state index in [1.165, 1.54) is 0 Å². The topological polar surface area (TPSA) is 136 Å². The highest BCUT2D eigenvalue weighted by molar-refractivity contribution is 5.82. The highest BCUT2D eigenvalue weighted by Gasteiger charge is 2.16. The first kappa shape index (κ1) is 12.4. The molecule has 0 unspecified atom stereocenters. The summed E-state index contributed by atoms with van der Waals surface area (Å²) in [4.78, 5) is 31.3. The molecular weight excluding hydrogens is 190 g/mol. The van der Waals surface area contributed by atoms with Crippen LogP contribution >= 0.6 is 0 Å². The normalized spacial score (nSPS) is 12.0. The Morgan fingerprint density at radius 2 is 1.86 bits per heavy atom. The van der Waals surface area contributed by atoms with Gasteiger partial charge in [0.25, 0.3) is 0 Å². The standard InChI is InChI=1S/C7H13N3O4/c8-5(11)2-1-4(7(9)14)10-3-6(12)13/h4,10H,1-3H2,(H2,8,11)(H2,9,14)(H,12,13)/t4-/m0/s1. The molecule has 0 aromatic rings. The van der Waals surface area contributed by atoms with Crippen LogP contribution in [0.2, 0.25) is 0 Å². The highest BCUT2D eigenvalue weighted by Crippen LogP contribution is 1.95. The van der Waals surface area contributed by atoms with Crippen molar-refractivity contribution >= 4 is 17.8 Å². The first-order valence-corrected chi connectivity index (χ1v) is 3.96. The quantitative estimate of drug-likeness (QED) is 0.371. The van der Waals surface area contributed by atoms with Crippen molar-refractivity contribution in [2.45, 2.75) is 18.9 Å². The number of carbonyl (C=O) groups excluding carboxylic acids is 2. The van der Waals surface area contributed by atoms with Crippen LogP contribution in [0.4, 0.5) is 0 Å². The Morgan fingerprint density at radius 1 is 1.29 bits per heavy atom. The fourth-order valence-electron chi connectivity index (χ4n) is 0.842. The van der Waals surface area contributed by atoms with Crippen molar-refractivity contribution in [1.82, 2.24) is 5.32 Å². The van der Waals surface area contributed by atoms with Crippen molar-refractivity contribution in [2.75, 3.05) is 6.54 Å². The maximum atomic E-state index is 10.7. The summed E-state index contributed by atoms with van der Waals surface area (Å²) in [5.74, 6) is -2.36. The van der Waals surface area contributed by atoms with Crippen LogP contribution in [0.15, 0.2) is 0 Å². The van der Waals surface area contributed by atoms with Gasteiger partial charge in [0.1, 0.15) is 0 Å². The van der Waals surface area contributed by atoms with E-state index in [9.17, 15) is 14.4 Å². The van der Waals surface area contributed by atoms with E-state index < -0.39 is 23.8 Å². The highest BCUT2D eigenvalue weighted by atomic mass is 16.4. The zero-order valence-corrected chi connectivity index (χ0v) is 7.53. The molecular formula is C7H13N3O4. The molecule has 14 heavy (non-hydrogen) atoms. The lowest BCUT2D eigenvalue weighted by Crippen LogP contribution is -2.43. The van der Waals surface area contributed by atoms with Crippen LogP contribution in [-0.4, -0.2) is 35.5 Å². The van der Waals surface area contributed by atoms with E-state index in [-0.39, 0.29) is 19.4 Å². The minimum Gasteiger partial charge on any atom is -0.480 e. The zero-order valence-electron chi connectivity index (χ0n) is 7.53. The number of primary amides is 2. The molecule has 0 saturated carbocycles. The number of carboxylic acid groups (broad SMARTS) is 1. The first-order valence-electron chi connectivity index (χ1n) is 3.96. The van der Waals surface area contributed by atoms with Gasteiger partial charge in [-0.3, -0.25) is 19.7 Å². The predicted octanol–water partition coefficient (Wildman–Crippen LogP) is -2.22. The summed E-state index contributed by atoms with van der Waals surface area (Å²) in [5.41, 5.74) is 9.82. The van der Waals surface area contributed by atoms with E-state index in [0.29, 0.717) is 0 Å². The van der Waals surface area contributed by atoms with Gasteiger partial charge in [0.15, 0.2) is 0 Å². The van der Waals surface area contributed by atoms with Gasteiger partial charge in [0.2, 0.25) is 11.8 Å². The molecule has 1 atom stereocenters. The molecule has 0 heterocycles. The molecule has 6 N–H and O–H groups in total. The third kappa shape index (κ3) is 5.95. The average molecular weight is 203 g/mol. The summed E-state index contributed by atoms with van der Waals surface area (Å²) in [6.45, 7) is -0.383. The lowest BCUT2D eigenvalue weighted by atomic mass is 10.1. The average Bonchev–Trinajstić information content (AvgIpc) is 2.02. The molecule has 0 bridgehead atoms. The molecule has 0 aliphatic carbocycles. The van der Waals surface area contributed by atoms with E-state index in [1.807, 2.05) is 0 Å². The summed E-state index contributed by atoms with van der Waals surface area (Å²) in [5, 5.41) is 10.7. The molecule has 0 fully saturated rings. The van der Waals surface area contributed by atoms with E-state index in [1.54, 1.807) is 0 Å². The van der Waals surface area contributed by atoms with Gasteiger partial charge in [-0.25, -0.2) is 0 Å². The molecule has 7 heteroatoms. The van der Waals surface area contributed by atoms with E-state index >= 15 is 0 Å². The van der Waals surface area contributed by atoms with E-state index in [0.717, 1.165) is 0 Å². The molecule has 0 saturated heterocycles. The number of rotatable bonds is 7. The molecule has 0 spiro atoms. The molecule has 0 aromatic heterocycles. The summed E-state index contributed by atoms with van der Waals surface area (Å²) in [6, 6.07) is -0.835. The second-order valence-electron chi connectivity index (χ2n) is 2.73. The van der Waals surface area contributed by atoms with Crippen LogP contribution in [0.5, 0.6) is 0 Å². The minimum atomic E-state index is -1.10. The summed E-state index contributed by atoms with van der Waals surface area (Å²) >= 11 is 0. The molecule has 0 radical (unpaired) electrons. The van der Waals surface area contributed by atoms with Gasteiger partial charge in [-0.2, -0.15) is 0 Å². The molecule has 0 aliphatic rings. The third-order valence-electron chi connectivity index (χ3n) is 1.52. The van der Waals surface area contributed by atoms with Crippen LogP contribution in [0.25, 0.3) is 0 Å². The van der Waals surface area contributed by atoms with Crippen LogP contribution in [0, 0.1) is 0 Å². The second kappa shape index (κ2) is 5.92. The number of carbonyl (C=O) groups is 3. The molecule has 0 aromatic carbocycles. The van der Waals surface area contributed by atoms with Crippen LogP contribution < -0.4 is 16.8 Å². The monoisotopic (exact) mass is 203 g/mol. The Hall–Kier alpha value is -1.63. The molecule has 0 rings (SSSR count). The van der Waals surface area contributed by atoms with E-state index in [4.69, 9.17) is 16.6 Å².